The molecule has 1 atom stereocenters. The first kappa shape index (κ1) is 15.3. The summed E-state index contributed by atoms with van der Waals surface area (Å²) in [4.78, 5) is 2.60. The average Bonchev–Trinajstić information content (AvgIpc) is 2.33. The number of hydrogen-bond acceptors (Lipinski definition) is 3. The maximum Gasteiger partial charge on any atom is 0.0619 e. The molecule has 0 N–H and O–H groups in total. The van der Waals surface area contributed by atoms with Crippen LogP contribution in [-0.4, -0.2) is 43.0 Å². The fourth-order valence-corrected chi connectivity index (χ4v) is 3.40. The summed E-state index contributed by atoms with van der Waals surface area (Å²) in [5, 5.41) is 0. The highest BCUT2D eigenvalue weighted by atomic mass is 32.1. The molecule has 1 aliphatic rings. The van der Waals surface area contributed by atoms with Gasteiger partial charge in [0.25, 0.3) is 0 Å². The first-order valence-electron chi connectivity index (χ1n) is 7.10. The predicted molar refractivity (Wildman–Crippen MR) is 78.0 cm³/mol. The molecule has 1 heterocycles. The van der Waals surface area contributed by atoms with Crippen LogP contribution in [-0.2, 0) is 4.74 Å². The molecule has 0 saturated carbocycles. The minimum absolute atomic E-state index is 0.415. The van der Waals surface area contributed by atoms with Gasteiger partial charge in [0.15, 0.2) is 0 Å². The minimum atomic E-state index is 0.415. The first-order chi connectivity index (χ1) is 8.17. The molecule has 0 aromatic carbocycles. The van der Waals surface area contributed by atoms with Gasteiger partial charge in [-0.25, -0.2) is 0 Å². The van der Waals surface area contributed by atoms with Gasteiger partial charge in [0, 0.05) is 19.1 Å². The average molecular weight is 259 g/mol. The van der Waals surface area contributed by atoms with Gasteiger partial charge in [-0.1, -0.05) is 26.7 Å². The maximum absolute atomic E-state index is 5.52. The highest BCUT2D eigenvalue weighted by Gasteiger charge is 2.32. The third kappa shape index (κ3) is 4.46. The zero-order chi connectivity index (χ0) is 12.7. The van der Waals surface area contributed by atoms with Gasteiger partial charge < -0.3 is 4.74 Å². The van der Waals surface area contributed by atoms with E-state index in [1.54, 1.807) is 0 Å². The van der Waals surface area contributed by atoms with E-state index >= 15 is 0 Å². The van der Waals surface area contributed by atoms with Gasteiger partial charge in [0.05, 0.1) is 13.2 Å². The molecule has 0 aromatic heterocycles. The number of hydrogen-bond donors (Lipinski definition) is 1. The number of nitrogens with zero attached hydrogens (tertiary/aromatic N) is 1. The molecule has 0 spiro atoms. The summed E-state index contributed by atoms with van der Waals surface area (Å²) in [6, 6.07) is 0.566. The quantitative estimate of drug-likeness (QED) is 0.705. The summed E-state index contributed by atoms with van der Waals surface area (Å²) in [5.41, 5.74) is 0.415. The van der Waals surface area contributed by atoms with E-state index in [0.717, 1.165) is 25.5 Å². The number of morpholine rings is 1. The van der Waals surface area contributed by atoms with Crippen molar-refractivity contribution in [2.75, 3.05) is 32.1 Å². The van der Waals surface area contributed by atoms with E-state index in [-0.39, 0.29) is 0 Å². The monoisotopic (exact) mass is 259 g/mol. The number of ether oxygens (including phenoxy) is 1. The van der Waals surface area contributed by atoms with Crippen LogP contribution in [0.5, 0.6) is 0 Å². The zero-order valence-corrected chi connectivity index (χ0v) is 12.6. The van der Waals surface area contributed by atoms with Gasteiger partial charge in [-0.2, -0.15) is 12.6 Å². The second-order valence-electron chi connectivity index (χ2n) is 5.55. The second-order valence-corrected chi connectivity index (χ2v) is 5.87. The Morgan fingerprint density at radius 2 is 1.94 bits per heavy atom. The van der Waals surface area contributed by atoms with Crippen LogP contribution in [0, 0.1) is 5.41 Å². The van der Waals surface area contributed by atoms with Crippen LogP contribution in [0.25, 0.3) is 0 Å². The Bertz CT molecular complexity index is 204. The van der Waals surface area contributed by atoms with Gasteiger partial charge in [-0.15, -0.1) is 0 Å². The Balaban J connectivity index is 2.62. The van der Waals surface area contributed by atoms with Crippen molar-refractivity contribution in [3.8, 4) is 0 Å². The van der Waals surface area contributed by atoms with Crippen LogP contribution < -0.4 is 0 Å². The fourth-order valence-electron chi connectivity index (χ4n) is 2.98. The molecule has 0 amide bonds. The lowest BCUT2D eigenvalue weighted by atomic mass is 9.80. The highest BCUT2D eigenvalue weighted by molar-refractivity contribution is 7.80. The summed E-state index contributed by atoms with van der Waals surface area (Å²) >= 11 is 4.64. The van der Waals surface area contributed by atoms with Gasteiger partial charge >= 0.3 is 0 Å². The van der Waals surface area contributed by atoms with Crippen LogP contribution in [0.3, 0.4) is 0 Å². The standard InChI is InChI=1S/C14H29NOS/c1-4-6-14(12-17,7-5-2)11-15-8-9-16-10-13(15)3/h13,17H,4-12H2,1-3H3. The molecule has 0 bridgehead atoms. The molecule has 1 fully saturated rings. The van der Waals surface area contributed by atoms with Gasteiger partial charge in [-0.05, 0) is 30.9 Å². The first-order valence-corrected chi connectivity index (χ1v) is 7.73. The topological polar surface area (TPSA) is 12.5 Å². The molecule has 102 valence electrons. The van der Waals surface area contributed by atoms with Gasteiger partial charge in [0.1, 0.15) is 0 Å². The molecular weight excluding hydrogens is 230 g/mol. The fraction of sp³-hybridized carbons (Fsp3) is 1.00. The lowest BCUT2D eigenvalue weighted by Crippen LogP contribution is -2.49. The van der Waals surface area contributed by atoms with Crippen LogP contribution in [0.2, 0.25) is 0 Å². The molecule has 1 unspecified atom stereocenters. The molecule has 2 nitrogen and oxygen atoms in total. The summed E-state index contributed by atoms with van der Waals surface area (Å²) in [5.74, 6) is 1.01. The normalized spacial score (nSPS) is 22.9. The largest absolute Gasteiger partial charge is 0.379 e. The molecule has 1 aliphatic heterocycles. The van der Waals surface area contributed by atoms with E-state index < -0.39 is 0 Å². The predicted octanol–water partition coefficient (Wildman–Crippen LogP) is 3.22. The SMILES string of the molecule is CCCC(CS)(CCC)CN1CCOCC1C. The van der Waals surface area contributed by atoms with Crippen molar-refractivity contribution in [2.45, 2.75) is 52.5 Å². The van der Waals surface area contributed by atoms with Crippen molar-refractivity contribution >= 4 is 12.6 Å². The molecule has 0 radical (unpaired) electrons. The minimum Gasteiger partial charge on any atom is -0.379 e. The summed E-state index contributed by atoms with van der Waals surface area (Å²) < 4.78 is 5.52. The Morgan fingerprint density at radius 3 is 2.41 bits per heavy atom. The van der Waals surface area contributed by atoms with Gasteiger partial charge in [-0.3, -0.25) is 4.90 Å². The van der Waals surface area contributed by atoms with Crippen molar-refractivity contribution in [1.82, 2.24) is 4.90 Å². The van der Waals surface area contributed by atoms with Crippen LogP contribution in [0.15, 0.2) is 0 Å². The molecule has 1 rings (SSSR count). The maximum atomic E-state index is 5.52. The Labute approximate surface area is 113 Å². The molecule has 3 heteroatoms. The number of rotatable bonds is 7. The van der Waals surface area contributed by atoms with E-state index in [0.29, 0.717) is 11.5 Å². The smallest absolute Gasteiger partial charge is 0.0619 e. The van der Waals surface area contributed by atoms with E-state index in [4.69, 9.17) is 4.74 Å². The Morgan fingerprint density at radius 1 is 1.29 bits per heavy atom. The van der Waals surface area contributed by atoms with Crippen molar-refractivity contribution in [2.24, 2.45) is 5.41 Å². The summed E-state index contributed by atoms with van der Waals surface area (Å²) in [6.07, 6.45) is 5.13. The lowest BCUT2D eigenvalue weighted by molar-refractivity contribution is -0.0200. The summed E-state index contributed by atoms with van der Waals surface area (Å²) in [6.45, 7) is 10.9. The molecular formula is C14H29NOS. The highest BCUT2D eigenvalue weighted by Crippen LogP contribution is 2.33. The lowest BCUT2D eigenvalue weighted by Gasteiger charge is -2.42. The van der Waals surface area contributed by atoms with Crippen LogP contribution >= 0.6 is 12.6 Å². The van der Waals surface area contributed by atoms with Crippen molar-refractivity contribution < 1.29 is 4.74 Å². The Kier molecular flexibility index (Phi) is 6.90. The third-order valence-corrected chi connectivity index (χ3v) is 4.61. The molecule has 1 saturated heterocycles. The van der Waals surface area contributed by atoms with E-state index in [9.17, 15) is 0 Å². The van der Waals surface area contributed by atoms with Crippen molar-refractivity contribution in [3.63, 3.8) is 0 Å². The van der Waals surface area contributed by atoms with E-state index in [1.807, 2.05) is 0 Å². The van der Waals surface area contributed by atoms with Crippen molar-refractivity contribution in [3.05, 3.63) is 0 Å². The second kappa shape index (κ2) is 7.65. The third-order valence-electron chi connectivity index (χ3n) is 3.94. The molecule has 0 aromatic rings. The van der Waals surface area contributed by atoms with Crippen LogP contribution in [0.4, 0.5) is 0 Å². The van der Waals surface area contributed by atoms with Gasteiger partial charge in [0.2, 0.25) is 0 Å². The number of thiol groups is 1. The molecule has 17 heavy (non-hydrogen) atoms. The molecule has 0 aliphatic carbocycles. The summed E-state index contributed by atoms with van der Waals surface area (Å²) in [7, 11) is 0. The zero-order valence-electron chi connectivity index (χ0n) is 11.7. The van der Waals surface area contributed by atoms with E-state index in [2.05, 4.69) is 38.3 Å². The Hall–Kier alpha value is 0.270. The van der Waals surface area contributed by atoms with Crippen molar-refractivity contribution in [1.29, 1.82) is 0 Å². The van der Waals surface area contributed by atoms with E-state index in [1.165, 1.54) is 32.2 Å². The van der Waals surface area contributed by atoms with Crippen LogP contribution in [0.1, 0.15) is 46.5 Å².